The zero-order chi connectivity index (χ0) is 15.1. The van der Waals surface area contributed by atoms with Crippen LogP contribution in [-0.2, 0) is 6.54 Å². The molecule has 3 nitrogen and oxygen atoms in total. The molecule has 0 bridgehead atoms. The van der Waals surface area contributed by atoms with Gasteiger partial charge in [-0.2, -0.15) is 0 Å². The van der Waals surface area contributed by atoms with Crippen LogP contribution in [0.2, 0.25) is 0 Å². The third kappa shape index (κ3) is 5.40. The van der Waals surface area contributed by atoms with Crippen molar-refractivity contribution in [2.75, 3.05) is 31.2 Å². The van der Waals surface area contributed by atoms with Gasteiger partial charge in [-0.25, -0.2) is 0 Å². The Morgan fingerprint density at radius 1 is 1.14 bits per heavy atom. The van der Waals surface area contributed by atoms with Gasteiger partial charge in [-0.1, -0.05) is 46.3 Å². The quantitative estimate of drug-likeness (QED) is 0.588. The van der Waals surface area contributed by atoms with E-state index in [1.807, 2.05) is 18.2 Å². The standard InChI is InChI=1S/C17H22BrN3/c1-21(13-14-6-3-2-4-7-14)11-5-10-20-17-12-15(18)8-9-16(17)19/h2-4,6-9,12,20H,5,10-11,13,19H2,1H3. The fourth-order valence-corrected chi connectivity index (χ4v) is 2.59. The molecule has 0 saturated carbocycles. The molecular formula is C17H22BrN3. The summed E-state index contributed by atoms with van der Waals surface area (Å²) < 4.78 is 1.04. The van der Waals surface area contributed by atoms with Crippen molar-refractivity contribution in [1.29, 1.82) is 0 Å². The van der Waals surface area contributed by atoms with Crippen LogP contribution in [0.5, 0.6) is 0 Å². The first-order chi connectivity index (χ1) is 10.1. The van der Waals surface area contributed by atoms with Crippen LogP contribution >= 0.6 is 15.9 Å². The van der Waals surface area contributed by atoms with Crippen molar-refractivity contribution in [3.05, 3.63) is 58.6 Å². The number of nitrogens with two attached hydrogens (primary N) is 1. The van der Waals surface area contributed by atoms with Gasteiger partial charge in [0.05, 0.1) is 11.4 Å². The smallest absolute Gasteiger partial charge is 0.0585 e. The topological polar surface area (TPSA) is 41.3 Å². The highest BCUT2D eigenvalue weighted by Crippen LogP contribution is 2.23. The Labute approximate surface area is 135 Å². The van der Waals surface area contributed by atoms with Gasteiger partial charge >= 0.3 is 0 Å². The second-order valence-electron chi connectivity index (χ2n) is 5.24. The largest absolute Gasteiger partial charge is 0.397 e. The number of anilines is 2. The lowest BCUT2D eigenvalue weighted by Crippen LogP contribution is -2.21. The molecule has 0 saturated heterocycles. The first-order valence-corrected chi connectivity index (χ1v) is 7.96. The summed E-state index contributed by atoms with van der Waals surface area (Å²) in [6.07, 6.45) is 1.08. The summed E-state index contributed by atoms with van der Waals surface area (Å²) in [6.45, 7) is 2.95. The second-order valence-corrected chi connectivity index (χ2v) is 6.15. The van der Waals surface area contributed by atoms with Gasteiger partial charge in [0.2, 0.25) is 0 Å². The molecule has 3 N–H and O–H groups in total. The molecule has 2 aromatic rings. The Hall–Kier alpha value is -1.52. The third-order valence-electron chi connectivity index (χ3n) is 3.34. The molecule has 2 aromatic carbocycles. The van der Waals surface area contributed by atoms with Gasteiger partial charge in [0.1, 0.15) is 0 Å². The maximum Gasteiger partial charge on any atom is 0.0585 e. The molecule has 0 aliphatic heterocycles. The number of nitrogen functional groups attached to an aromatic ring is 1. The van der Waals surface area contributed by atoms with Crippen LogP contribution in [0.25, 0.3) is 0 Å². The Balaban J connectivity index is 1.71. The average Bonchev–Trinajstić information content (AvgIpc) is 2.48. The Kier molecular flexibility index (Phi) is 6.08. The van der Waals surface area contributed by atoms with Crippen LogP contribution in [0, 0.1) is 0 Å². The fourth-order valence-electron chi connectivity index (χ4n) is 2.23. The van der Waals surface area contributed by atoms with Gasteiger partial charge in [0.25, 0.3) is 0 Å². The van der Waals surface area contributed by atoms with Crippen molar-refractivity contribution in [2.24, 2.45) is 0 Å². The maximum absolute atomic E-state index is 5.94. The molecule has 0 unspecified atom stereocenters. The highest BCUT2D eigenvalue weighted by Gasteiger charge is 2.01. The van der Waals surface area contributed by atoms with Crippen molar-refractivity contribution in [2.45, 2.75) is 13.0 Å². The lowest BCUT2D eigenvalue weighted by atomic mass is 10.2. The lowest BCUT2D eigenvalue weighted by Gasteiger charge is -2.17. The van der Waals surface area contributed by atoms with Crippen molar-refractivity contribution in [1.82, 2.24) is 4.90 Å². The molecule has 0 aromatic heterocycles. The number of halogens is 1. The normalized spacial score (nSPS) is 10.8. The van der Waals surface area contributed by atoms with Gasteiger partial charge in [-0.15, -0.1) is 0 Å². The van der Waals surface area contributed by atoms with E-state index in [4.69, 9.17) is 5.73 Å². The lowest BCUT2D eigenvalue weighted by molar-refractivity contribution is 0.325. The Morgan fingerprint density at radius 3 is 2.67 bits per heavy atom. The van der Waals surface area contributed by atoms with Crippen molar-refractivity contribution in [3.63, 3.8) is 0 Å². The van der Waals surface area contributed by atoms with Crippen molar-refractivity contribution < 1.29 is 0 Å². The molecule has 0 aliphatic carbocycles. The van der Waals surface area contributed by atoms with Crippen molar-refractivity contribution >= 4 is 27.3 Å². The molecular weight excluding hydrogens is 326 g/mol. The molecule has 0 atom stereocenters. The van der Waals surface area contributed by atoms with Crippen LogP contribution in [0.3, 0.4) is 0 Å². The van der Waals surface area contributed by atoms with E-state index < -0.39 is 0 Å². The fraction of sp³-hybridized carbons (Fsp3) is 0.294. The van der Waals surface area contributed by atoms with Crippen LogP contribution in [0.4, 0.5) is 11.4 Å². The number of hydrogen-bond acceptors (Lipinski definition) is 3. The van der Waals surface area contributed by atoms with Crippen LogP contribution in [0.1, 0.15) is 12.0 Å². The average molecular weight is 348 g/mol. The van der Waals surface area contributed by atoms with Gasteiger partial charge in [-0.3, -0.25) is 0 Å². The van der Waals surface area contributed by atoms with E-state index in [1.54, 1.807) is 0 Å². The van der Waals surface area contributed by atoms with E-state index >= 15 is 0 Å². The monoisotopic (exact) mass is 347 g/mol. The summed E-state index contributed by atoms with van der Waals surface area (Å²) in [6, 6.07) is 16.4. The molecule has 0 radical (unpaired) electrons. The minimum atomic E-state index is 0.788. The van der Waals surface area contributed by atoms with Crippen molar-refractivity contribution in [3.8, 4) is 0 Å². The van der Waals surface area contributed by atoms with E-state index in [2.05, 4.69) is 63.5 Å². The minimum Gasteiger partial charge on any atom is -0.397 e. The summed E-state index contributed by atoms with van der Waals surface area (Å²) in [5.41, 5.74) is 9.07. The van der Waals surface area contributed by atoms with Gasteiger partial charge < -0.3 is 16.0 Å². The highest BCUT2D eigenvalue weighted by molar-refractivity contribution is 9.10. The van der Waals surface area contributed by atoms with Crippen LogP contribution in [-0.4, -0.2) is 25.0 Å². The Morgan fingerprint density at radius 2 is 1.90 bits per heavy atom. The van der Waals surface area contributed by atoms with E-state index in [1.165, 1.54) is 5.56 Å². The van der Waals surface area contributed by atoms with Gasteiger partial charge in [-0.05, 0) is 43.8 Å². The summed E-state index contributed by atoms with van der Waals surface area (Å²) in [7, 11) is 2.15. The van der Waals surface area contributed by atoms with Gasteiger partial charge in [0, 0.05) is 17.6 Å². The predicted octanol–water partition coefficient (Wildman–Crippen LogP) is 3.97. The molecule has 2 rings (SSSR count). The second kappa shape index (κ2) is 8.05. The first kappa shape index (κ1) is 15.9. The maximum atomic E-state index is 5.94. The molecule has 112 valence electrons. The van der Waals surface area contributed by atoms with E-state index in [-0.39, 0.29) is 0 Å². The molecule has 0 spiro atoms. The van der Waals surface area contributed by atoms with E-state index in [0.29, 0.717) is 0 Å². The molecule has 0 aliphatic rings. The number of rotatable bonds is 7. The summed E-state index contributed by atoms with van der Waals surface area (Å²) >= 11 is 3.46. The molecule has 0 fully saturated rings. The number of nitrogens with one attached hydrogen (secondary N) is 1. The minimum absolute atomic E-state index is 0.788. The zero-order valence-electron chi connectivity index (χ0n) is 12.3. The SMILES string of the molecule is CN(CCCNc1cc(Br)ccc1N)Cc1ccccc1. The molecule has 0 amide bonds. The predicted molar refractivity (Wildman–Crippen MR) is 94.4 cm³/mol. The third-order valence-corrected chi connectivity index (χ3v) is 3.84. The molecule has 21 heavy (non-hydrogen) atoms. The first-order valence-electron chi connectivity index (χ1n) is 7.16. The Bertz CT molecular complexity index is 557. The summed E-state index contributed by atoms with van der Waals surface area (Å²) in [5, 5.41) is 3.39. The number of benzene rings is 2. The van der Waals surface area contributed by atoms with Gasteiger partial charge in [0.15, 0.2) is 0 Å². The molecule has 0 heterocycles. The van der Waals surface area contributed by atoms with Crippen LogP contribution < -0.4 is 11.1 Å². The van der Waals surface area contributed by atoms with Crippen LogP contribution in [0.15, 0.2) is 53.0 Å². The number of nitrogens with zero attached hydrogens (tertiary/aromatic N) is 1. The van der Waals surface area contributed by atoms with E-state index in [0.717, 1.165) is 41.9 Å². The highest BCUT2D eigenvalue weighted by atomic mass is 79.9. The number of hydrogen-bond donors (Lipinski definition) is 2. The summed E-state index contributed by atoms with van der Waals surface area (Å²) in [5.74, 6) is 0. The van der Waals surface area contributed by atoms with E-state index in [9.17, 15) is 0 Å². The zero-order valence-corrected chi connectivity index (χ0v) is 13.9. The molecule has 4 heteroatoms. The summed E-state index contributed by atoms with van der Waals surface area (Å²) in [4.78, 5) is 2.33.